The molecule has 1 heterocycles. The minimum Gasteiger partial charge on any atom is -0.497 e. The predicted molar refractivity (Wildman–Crippen MR) is 75.1 cm³/mol. The van der Waals surface area contributed by atoms with E-state index in [4.69, 9.17) is 9.47 Å². The minimum absolute atomic E-state index is 0.320. The number of hydrogen-bond acceptors (Lipinski definition) is 6. The van der Waals surface area contributed by atoms with Crippen LogP contribution < -0.4 is 15.4 Å². The number of hydrogen-bond donors (Lipinski definition) is 2. The summed E-state index contributed by atoms with van der Waals surface area (Å²) in [5, 5.41) is 6.01. The summed E-state index contributed by atoms with van der Waals surface area (Å²) in [6, 6.07) is 5.56. The van der Waals surface area contributed by atoms with Crippen molar-refractivity contribution in [3.05, 3.63) is 18.2 Å². The molecule has 19 heavy (non-hydrogen) atoms. The summed E-state index contributed by atoms with van der Waals surface area (Å²) in [5.41, 5.74) is 0.816. The van der Waals surface area contributed by atoms with Gasteiger partial charge in [0.25, 0.3) is 0 Å². The van der Waals surface area contributed by atoms with Gasteiger partial charge in [-0.1, -0.05) is 11.3 Å². The minimum atomic E-state index is -0.499. The van der Waals surface area contributed by atoms with Crippen molar-refractivity contribution in [3.63, 3.8) is 0 Å². The summed E-state index contributed by atoms with van der Waals surface area (Å²) in [7, 11) is 3.41. The molecule has 0 bridgehead atoms. The molecular weight excluding hydrogens is 266 g/mol. The molecule has 0 aliphatic rings. The number of carbonyl (C=O) groups is 1. The van der Waals surface area contributed by atoms with Crippen molar-refractivity contribution in [3.8, 4) is 5.75 Å². The van der Waals surface area contributed by atoms with E-state index in [-0.39, 0.29) is 0 Å². The number of ether oxygens (including phenoxy) is 2. The Bertz CT molecular complexity index is 570. The van der Waals surface area contributed by atoms with Crippen molar-refractivity contribution in [2.75, 3.05) is 32.6 Å². The molecule has 102 valence electrons. The Kier molecular flexibility index (Phi) is 4.53. The fourth-order valence-corrected chi connectivity index (χ4v) is 2.33. The highest BCUT2D eigenvalue weighted by Gasteiger charge is 2.09. The number of rotatable bonds is 5. The van der Waals surface area contributed by atoms with E-state index in [9.17, 15) is 4.79 Å². The highest BCUT2D eigenvalue weighted by atomic mass is 32.1. The van der Waals surface area contributed by atoms with Crippen molar-refractivity contribution in [1.29, 1.82) is 0 Å². The van der Waals surface area contributed by atoms with Gasteiger partial charge in [-0.3, -0.25) is 5.32 Å². The van der Waals surface area contributed by atoms with Crippen molar-refractivity contribution in [2.45, 2.75) is 0 Å². The third kappa shape index (κ3) is 3.55. The van der Waals surface area contributed by atoms with Gasteiger partial charge in [0.1, 0.15) is 12.4 Å². The first-order valence-corrected chi connectivity index (χ1v) is 6.57. The first-order valence-electron chi connectivity index (χ1n) is 5.76. The maximum absolute atomic E-state index is 11.5. The zero-order valence-corrected chi connectivity index (χ0v) is 11.5. The molecule has 7 heteroatoms. The monoisotopic (exact) mass is 281 g/mol. The van der Waals surface area contributed by atoms with Crippen molar-refractivity contribution >= 4 is 32.8 Å². The van der Waals surface area contributed by atoms with E-state index in [1.54, 1.807) is 14.2 Å². The third-order valence-corrected chi connectivity index (χ3v) is 3.32. The molecule has 0 aliphatic carbocycles. The molecule has 1 aromatic carbocycles. The van der Waals surface area contributed by atoms with Crippen molar-refractivity contribution in [1.82, 2.24) is 10.3 Å². The molecule has 0 radical (unpaired) electrons. The number of anilines is 1. The largest absolute Gasteiger partial charge is 0.497 e. The molecule has 0 fully saturated rings. The molecule has 0 aliphatic heterocycles. The molecule has 1 aromatic heterocycles. The van der Waals surface area contributed by atoms with E-state index < -0.39 is 6.09 Å². The molecule has 2 rings (SSSR count). The summed E-state index contributed by atoms with van der Waals surface area (Å²) in [6.07, 6.45) is -0.499. The number of fused-ring (bicyclic) bond motifs is 1. The molecule has 0 saturated heterocycles. The van der Waals surface area contributed by atoms with Crippen LogP contribution in [0.25, 0.3) is 10.2 Å². The Balaban J connectivity index is 2.02. The molecule has 2 N–H and O–H groups in total. The number of methoxy groups -OCH3 is 1. The number of likely N-dealkylation sites (N-methyl/N-ethyl adjacent to an activating group) is 1. The molecule has 2 aromatic rings. The fourth-order valence-electron chi connectivity index (χ4n) is 1.45. The molecule has 6 nitrogen and oxygen atoms in total. The Morgan fingerprint density at radius 3 is 3.05 bits per heavy atom. The summed E-state index contributed by atoms with van der Waals surface area (Å²) in [5.74, 6) is 0.763. The van der Waals surface area contributed by atoms with Gasteiger partial charge in [0, 0.05) is 6.54 Å². The number of nitrogens with one attached hydrogen (secondary N) is 2. The van der Waals surface area contributed by atoms with Gasteiger partial charge in [-0.2, -0.15) is 0 Å². The topological polar surface area (TPSA) is 72.5 Å². The van der Waals surface area contributed by atoms with E-state index in [2.05, 4.69) is 15.6 Å². The lowest BCUT2D eigenvalue weighted by Gasteiger charge is -2.03. The average Bonchev–Trinajstić information content (AvgIpc) is 2.79. The van der Waals surface area contributed by atoms with Gasteiger partial charge in [-0.25, -0.2) is 9.78 Å². The second-order valence-electron chi connectivity index (χ2n) is 3.72. The average molecular weight is 281 g/mol. The van der Waals surface area contributed by atoms with E-state index in [0.29, 0.717) is 18.3 Å². The SMILES string of the molecule is CNCCOC(=O)Nc1nc2ccc(OC)cc2s1. The van der Waals surface area contributed by atoms with Crippen LogP contribution in [0.4, 0.5) is 9.93 Å². The van der Waals surface area contributed by atoms with E-state index in [1.807, 2.05) is 18.2 Å². The van der Waals surface area contributed by atoms with Gasteiger partial charge in [0.2, 0.25) is 0 Å². The van der Waals surface area contributed by atoms with Crippen LogP contribution in [0.3, 0.4) is 0 Å². The van der Waals surface area contributed by atoms with Crippen LogP contribution in [0, 0.1) is 0 Å². The summed E-state index contributed by atoms with van der Waals surface area (Å²) < 4.78 is 11.0. The smallest absolute Gasteiger partial charge is 0.413 e. The normalized spacial score (nSPS) is 10.4. The number of carbonyl (C=O) groups excluding carboxylic acids is 1. The Morgan fingerprint density at radius 1 is 1.47 bits per heavy atom. The first kappa shape index (κ1) is 13.6. The van der Waals surface area contributed by atoms with Crippen LogP contribution in [0.5, 0.6) is 5.75 Å². The van der Waals surface area contributed by atoms with Gasteiger partial charge in [0.05, 0.1) is 17.3 Å². The maximum atomic E-state index is 11.5. The lowest BCUT2D eigenvalue weighted by molar-refractivity contribution is 0.163. The molecule has 0 spiro atoms. The third-order valence-electron chi connectivity index (χ3n) is 2.39. The molecule has 0 unspecified atom stereocenters. The van der Waals surface area contributed by atoms with Crippen molar-refractivity contribution < 1.29 is 14.3 Å². The lowest BCUT2D eigenvalue weighted by atomic mass is 10.3. The Labute approximate surface area is 114 Å². The predicted octanol–water partition coefficient (Wildman–Crippen LogP) is 2.07. The zero-order chi connectivity index (χ0) is 13.7. The second-order valence-corrected chi connectivity index (χ2v) is 4.75. The van der Waals surface area contributed by atoms with E-state index >= 15 is 0 Å². The van der Waals surface area contributed by atoms with Crippen LogP contribution in [0.2, 0.25) is 0 Å². The highest BCUT2D eigenvalue weighted by Crippen LogP contribution is 2.29. The zero-order valence-electron chi connectivity index (χ0n) is 10.7. The maximum Gasteiger partial charge on any atom is 0.413 e. The van der Waals surface area contributed by atoms with Gasteiger partial charge in [-0.15, -0.1) is 0 Å². The number of nitrogens with zero attached hydrogens (tertiary/aromatic N) is 1. The van der Waals surface area contributed by atoms with Crippen LogP contribution in [-0.4, -0.2) is 38.4 Å². The summed E-state index contributed by atoms with van der Waals surface area (Å²) in [6.45, 7) is 0.936. The highest BCUT2D eigenvalue weighted by molar-refractivity contribution is 7.22. The Hall–Kier alpha value is -1.86. The number of amides is 1. The van der Waals surface area contributed by atoms with Crippen LogP contribution in [0.15, 0.2) is 18.2 Å². The first-order chi connectivity index (χ1) is 9.22. The number of benzene rings is 1. The van der Waals surface area contributed by atoms with Crippen LogP contribution >= 0.6 is 11.3 Å². The quantitative estimate of drug-likeness (QED) is 0.821. The number of thiazole rings is 1. The summed E-state index contributed by atoms with van der Waals surface area (Å²) >= 11 is 1.38. The molecule has 0 atom stereocenters. The lowest BCUT2D eigenvalue weighted by Crippen LogP contribution is -2.20. The van der Waals surface area contributed by atoms with Gasteiger partial charge < -0.3 is 14.8 Å². The second kappa shape index (κ2) is 6.35. The molecule has 1 amide bonds. The number of aromatic nitrogens is 1. The van der Waals surface area contributed by atoms with E-state index in [0.717, 1.165) is 16.0 Å². The van der Waals surface area contributed by atoms with E-state index in [1.165, 1.54) is 11.3 Å². The fraction of sp³-hybridized carbons (Fsp3) is 0.333. The van der Waals surface area contributed by atoms with Gasteiger partial charge in [-0.05, 0) is 25.2 Å². The van der Waals surface area contributed by atoms with Gasteiger partial charge in [0.15, 0.2) is 5.13 Å². The van der Waals surface area contributed by atoms with Crippen LogP contribution in [0.1, 0.15) is 0 Å². The summed E-state index contributed by atoms with van der Waals surface area (Å²) in [4.78, 5) is 15.8. The standard InChI is InChI=1S/C12H15N3O3S/c1-13-5-6-18-12(16)15-11-14-9-4-3-8(17-2)7-10(9)19-11/h3-4,7,13H,5-6H2,1-2H3,(H,14,15,16). The molecular formula is C12H15N3O3S. The molecule has 0 saturated carbocycles. The Morgan fingerprint density at radius 2 is 2.32 bits per heavy atom. The van der Waals surface area contributed by atoms with Crippen molar-refractivity contribution in [2.24, 2.45) is 0 Å². The van der Waals surface area contributed by atoms with Gasteiger partial charge >= 0.3 is 6.09 Å². The van der Waals surface area contributed by atoms with Crippen LogP contribution in [-0.2, 0) is 4.74 Å².